The first-order valence-electron chi connectivity index (χ1n) is 5.39. The van der Waals surface area contributed by atoms with Crippen molar-refractivity contribution in [3.8, 4) is 0 Å². The monoisotopic (exact) mass is 284 g/mol. The molecule has 2 radical (unpaired) electrons. The predicted molar refractivity (Wildman–Crippen MR) is 68.3 cm³/mol. The lowest BCUT2D eigenvalue weighted by Gasteiger charge is -2.11. The van der Waals surface area contributed by atoms with Crippen molar-refractivity contribution in [2.45, 2.75) is 0 Å². The molecule has 0 bridgehead atoms. The van der Waals surface area contributed by atoms with Crippen LogP contribution in [0.15, 0.2) is 18.0 Å². The molecule has 0 aliphatic carbocycles. The second-order valence-corrected chi connectivity index (χ2v) is 4.00. The van der Waals surface area contributed by atoms with Crippen molar-refractivity contribution in [1.29, 1.82) is 0 Å². The maximum Gasteiger partial charge on any atom is 0.257 e. The maximum atomic E-state index is 13.6. The lowest BCUT2D eigenvalue weighted by molar-refractivity contribution is 0.0948. The Hall–Kier alpha value is -2.16. The summed E-state index contributed by atoms with van der Waals surface area (Å²) in [7, 11) is 6.55. The van der Waals surface area contributed by atoms with E-state index in [2.05, 4.69) is 5.32 Å². The van der Waals surface area contributed by atoms with E-state index in [1.165, 1.54) is 13.2 Å². The molecular weight excluding hydrogens is 272 g/mol. The molecule has 0 spiro atoms. The average Bonchev–Trinajstić information content (AvgIpc) is 2.33. The van der Waals surface area contributed by atoms with Crippen molar-refractivity contribution >= 4 is 19.2 Å². The molecule has 1 rings (SSSR count). The smallest absolute Gasteiger partial charge is 0.257 e. The summed E-state index contributed by atoms with van der Waals surface area (Å²) in [6, 6.07) is 0.334. The highest BCUT2D eigenvalue weighted by molar-refractivity contribution is 6.33. The van der Waals surface area contributed by atoms with Gasteiger partial charge in [0.25, 0.3) is 5.91 Å². The Balaban J connectivity index is 2.92. The molecule has 106 valence electrons. The summed E-state index contributed by atoms with van der Waals surface area (Å²) in [5.74, 6) is 0.0799. The van der Waals surface area contributed by atoms with Gasteiger partial charge in [-0.1, -0.05) is 0 Å². The predicted octanol–water partition coefficient (Wildman–Crippen LogP) is -0.767. The first-order chi connectivity index (χ1) is 9.23. The van der Waals surface area contributed by atoms with Crippen LogP contribution in [0.5, 0.6) is 0 Å². The van der Waals surface area contributed by atoms with Gasteiger partial charge in [-0.15, -0.1) is 0 Å². The largest absolute Gasteiger partial charge is 0.399 e. The van der Waals surface area contributed by atoms with Gasteiger partial charge in [0, 0.05) is 25.0 Å². The van der Waals surface area contributed by atoms with Crippen molar-refractivity contribution in [3.05, 3.63) is 41.0 Å². The lowest BCUT2D eigenvalue weighted by Crippen LogP contribution is -2.33. The van der Waals surface area contributed by atoms with E-state index in [9.17, 15) is 18.0 Å². The van der Waals surface area contributed by atoms with E-state index < -0.39 is 34.4 Å². The molecule has 1 aromatic carbocycles. The average molecular weight is 284 g/mol. The van der Waals surface area contributed by atoms with Crippen LogP contribution in [0, 0.1) is 17.5 Å². The fourth-order valence-corrected chi connectivity index (χ4v) is 1.39. The quantitative estimate of drug-likeness (QED) is 0.385. The number of nitrogens with zero attached hydrogens (tertiary/aromatic N) is 1. The number of nitrogens with one attached hydrogen (secondary N) is 1. The van der Waals surface area contributed by atoms with Gasteiger partial charge in [-0.25, -0.2) is 19.0 Å². The highest BCUT2D eigenvalue weighted by Crippen LogP contribution is 2.12. The lowest BCUT2D eigenvalue weighted by atomic mass is 9.92. The minimum absolute atomic E-state index is 0.152. The zero-order valence-electron chi connectivity index (χ0n) is 10.6. The number of carbonyl (C=O) groups is 1. The number of amides is 1. The first kappa shape index (κ1) is 15.9. The van der Waals surface area contributed by atoms with Crippen molar-refractivity contribution in [3.63, 3.8) is 0 Å². The standard InChI is InChI=1S/C11H12BF3N4O/c1-19(17)4-5(16)3-18-11(20)8-6(13)2-7(14)9(12)10(8)15/h2,4H,3,16-17H2,1H3,(H,18,20)/b5-4-. The Morgan fingerprint density at radius 1 is 1.45 bits per heavy atom. The van der Waals surface area contributed by atoms with Crippen molar-refractivity contribution in [1.82, 2.24) is 10.3 Å². The van der Waals surface area contributed by atoms with Crippen LogP contribution in [0.1, 0.15) is 10.4 Å². The summed E-state index contributed by atoms with van der Waals surface area (Å²) in [6.45, 7) is -0.198. The van der Waals surface area contributed by atoms with Gasteiger partial charge < -0.3 is 16.1 Å². The molecule has 0 aliphatic heterocycles. The SMILES string of the molecule is [B]c1c(F)cc(F)c(C(=O)NC/C(N)=C/N(C)N)c1F. The van der Waals surface area contributed by atoms with Gasteiger partial charge in [-0.05, 0) is 5.46 Å². The van der Waals surface area contributed by atoms with Gasteiger partial charge in [-0.3, -0.25) is 4.79 Å². The van der Waals surface area contributed by atoms with Crippen LogP contribution < -0.4 is 22.4 Å². The number of halogens is 3. The van der Waals surface area contributed by atoms with Crippen LogP contribution >= 0.6 is 0 Å². The molecule has 9 heteroatoms. The summed E-state index contributed by atoms with van der Waals surface area (Å²) in [5.41, 5.74) is 3.73. The second-order valence-electron chi connectivity index (χ2n) is 4.00. The Bertz CT molecular complexity index is 563. The molecule has 0 atom stereocenters. The van der Waals surface area contributed by atoms with E-state index in [-0.39, 0.29) is 12.2 Å². The molecular formula is C11H12BF3N4O. The summed E-state index contributed by atoms with van der Waals surface area (Å²) in [6.07, 6.45) is 1.30. The second kappa shape index (κ2) is 6.33. The molecule has 0 aliphatic rings. The number of hydrazine groups is 1. The van der Waals surface area contributed by atoms with Crippen molar-refractivity contribution < 1.29 is 18.0 Å². The van der Waals surface area contributed by atoms with E-state index in [4.69, 9.17) is 19.4 Å². The minimum atomic E-state index is -1.46. The Labute approximate surface area is 114 Å². The first-order valence-corrected chi connectivity index (χ1v) is 5.39. The molecule has 0 saturated heterocycles. The van der Waals surface area contributed by atoms with Gasteiger partial charge >= 0.3 is 0 Å². The number of hydrogen-bond acceptors (Lipinski definition) is 4. The van der Waals surface area contributed by atoms with E-state index in [0.29, 0.717) is 6.07 Å². The van der Waals surface area contributed by atoms with Crippen molar-refractivity contribution in [2.75, 3.05) is 13.6 Å². The molecule has 0 heterocycles. The third-order valence-corrected chi connectivity index (χ3v) is 2.26. The molecule has 1 amide bonds. The van der Waals surface area contributed by atoms with Crippen LogP contribution in [0.25, 0.3) is 0 Å². The van der Waals surface area contributed by atoms with Gasteiger partial charge in [0.2, 0.25) is 0 Å². The van der Waals surface area contributed by atoms with Crippen LogP contribution in [-0.4, -0.2) is 32.4 Å². The zero-order valence-corrected chi connectivity index (χ0v) is 10.6. The number of benzene rings is 1. The third kappa shape index (κ3) is 3.67. The Kier molecular flexibility index (Phi) is 5.03. The van der Waals surface area contributed by atoms with Crippen LogP contribution in [0.2, 0.25) is 0 Å². The highest BCUT2D eigenvalue weighted by Gasteiger charge is 2.21. The van der Waals surface area contributed by atoms with Gasteiger partial charge in [0.05, 0.1) is 6.54 Å². The molecule has 5 nitrogen and oxygen atoms in total. The Morgan fingerprint density at radius 2 is 2.05 bits per heavy atom. The minimum Gasteiger partial charge on any atom is -0.399 e. The summed E-state index contributed by atoms with van der Waals surface area (Å²) < 4.78 is 39.9. The van der Waals surface area contributed by atoms with E-state index in [0.717, 1.165) is 5.01 Å². The Morgan fingerprint density at radius 3 is 2.60 bits per heavy atom. The number of hydrogen-bond donors (Lipinski definition) is 3. The summed E-state index contributed by atoms with van der Waals surface area (Å²) >= 11 is 0. The van der Waals surface area contributed by atoms with Gasteiger partial charge in [-0.2, -0.15) is 0 Å². The topological polar surface area (TPSA) is 84.4 Å². The molecule has 0 aromatic heterocycles. The van der Waals surface area contributed by atoms with Crippen molar-refractivity contribution in [2.24, 2.45) is 11.6 Å². The van der Waals surface area contributed by atoms with E-state index >= 15 is 0 Å². The molecule has 0 fully saturated rings. The molecule has 0 saturated carbocycles. The highest BCUT2D eigenvalue weighted by atomic mass is 19.1. The van der Waals surface area contributed by atoms with Gasteiger partial charge in [0.15, 0.2) is 0 Å². The van der Waals surface area contributed by atoms with Crippen LogP contribution in [-0.2, 0) is 0 Å². The zero-order chi connectivity index (χ0) is 15.4. The molecule has 1 aromatic rings. The molecule has 20 heavy (non-hydrogen) atoms. The van der Waals surface area contributed by atoms with Crippen LogP contribution in [0.4, 0.5) is 13.2 Å². The van der Waals surface area contributed by atoms with E-state index in [1.807, 2.05) is 0 Å². The third-order valence-electron chi connectivity index (χ3n) is 2.26. The fourth-order valence-electron chi connectivity index (χ4n) is 1.39. The molecule has 0 unspecified atom stereocenters. The summed E-state index contributed by atoms with van der Waals surface area (Å²) in [4.78, 5) is 11.6. The van der Waals surface area contributed by atoms with E-state index in [1.54, 1.807) is 0 Å². The maximum absolute atomic E-state index is 13.6. The van der Waals surface area contributed by atoms with Gasteiger partial charge in [0.1, 0.15) is 30.9 Å². The summed E-state index contributed by atoms with van der Waals surface area (Å²) in [5, 5.41) is 3.30. The number of nitrogens with two attached hydrogens (primary N) is 2. The number of rotatable bonds is 4. The fraction of sp³-hybridized carbons (Fsp3) is 0.182. The molecule has 5 N–H and O–H groups in total. The van der Waals surface area contributed by atoms with Crippen LogP contribution in [0.3, 0.4) is 0 Å². The number of carbonyl (C=O) groups excluding carboxylic acids is 1. The normalized spacial score (nSPS) is 11.3.